The maximum absolute atomic E-state index is 12.4. The predicted molar refractivity (Wildman–Crippen MR) is 138 cm³/mol. The second-order valence-electron chi connectivity index (χ2n) is 8.20. The Bertz CT molecular complexity index is 1410. The van der Waals surface area contributed by atoms with Gasteiger partial charge in [-0.3, -0.25) is 19.5 Å². The zero-order valence-electron chi connectivity index (χ0n) is 19.7. The van der Waals surface area contributed by atoms with Gasteiger partial charge in [0.15, 0.2) is 22.5 Å². The molecule has 4 aromatic rings. The molecule has 2 heterocycles. The SMILES string of the molecule is O=C(CCCSc1nnc(-c2ccc([N+](=O)[O-])cc2)n1-c1ccccc1)NCc1ccc2c(c1)OCO2. The maximum Gasteiger partial charge on any atom is 0.269 e. The Kier molecular flexibility index (Phi) is 7.31. The number of benzene rings is 3. The van der Waals surface area contributed by atoms with Crippen LogP contribution in [0.1, 0.15) is 18.4 Å². The number of nitro groups is 1. The number of fused-ring (bicyclic) bond motifs is 1. The van der Waals surface area contributed by atoms with Gasteiger partial charge in [-0.2, -0.15) is 0 Å². The molecule has 1 aromatic heterocycles. The third kappa shape index (κ3) is 5.72. The summed E-state index contributed by atoms with van der Waals surface area (Å²) in [5.74, 6) is 2.63. The number of rotatable bonds is 10. The van der Waals surface area contributed by atoms with Crippen LogP contribution >= 0.6 is 11.8 Å². The monoisotopic (exact) mass is 517 g/mol. The van der Waals surface area contributed by atoms with Crippen LogP contribution in [-0.4, -0.2) is 38.1 Å². The van der Waals surface area contributed by atoms with Gasteiger partial charge < -0.3 is 14.8 Å². The van der Waals surface area contributed by atoms with E-state index in [1.807, 2.05) is 53.1 Å². The molecule has 0 atom stereocenters. The molecule has 1 aliphatic rings. The summed E-state index contributed by atoms with van der Waals surface area (Å²) < 4.78 is 12.6. The summed E-state index contributed by atoms with van der Waals surface area (Å²) >= 11 is 1.51. The molecule has 0 unspecified atom stereocenters. The lowest BCUT2D eigenvalue weighted by Gasteiger charge is -2.10. The highest BCUT2D eigenvalue weighted by Crippen LogP contribution is 2.32. The van der Waals surface area contributed by atoms with Crippen molar-refractivity contribution in [1.29, 1.82) is 0 Å². The molecular formula is C26H23N5O5S. The van der Waals surface area contributed by atoms with Crippen molar-refractivity contribution in [3.8, 4) is 28.6 Å². The molecule has 5 rings (SSSR count). The number of nitro benzene ring substituents is 1. The third-order valence-corrected chi connectivity index (χ3v) is 6.71. The number of para-hydroxylation sites is 1. The Morgan fingerprint density at radius 3 is 2.59 bits per heavy atom. The van der Waals surface area contributed by atoms with E-state index >= 15 is 0 Å². The van der Waals surface area contributed by atoms with E-state index < -0.39 is 4.92 Å². The summed E-state index contributed by atoms with van der Waals surface area (Å²) in [4.78, 5) is 22.9. The van der Waals surface area contributed by atoms with Gasteiger partial charge in [-0.15, -0.1) is 10.2 Å². The number of nitrogens with one attached hydrogen (secondary N) is 1. The Morgan fingerprint density at radius 2 is 1.81 bits per heavy atom. The molecule has 0 aliphatic carbocycles. The van der Waals surface area contributed by atoms with Crippen LogP contribution in [0.4, 0.5) is 5.69 Å². The molecule has 0 spiro atoms. The fraction of sp³-hybridized carbons (Fsp3) is 0.192. The number of non-ortho nitro benzene ring substituents is 1. The number of amides is 1. The fourth-order valence-corrected chi connectivity index (χ4v) is 4.72. The van der Waals surface area contributed by atoms with E-state index in [1.165, 1.54) is 23.9 Å². The van der Waals surface area contributed by atoms with Crippen molar-refractivity contribution in [2.75, 3.05) is 12.5 Å². The number of thioether (sulfide) groups is 1. The Labute approximate surface area is 216 Å². The molecule has 10 nitrogen and oxygen atoms in total. The van der Waals surface area contributed by atoms with Crippen molar-refractivity contribution in [2.45, 2.75) is 24.5 Å². The Hall–Kier alpha value is -4.38. The van der Waals surface area contributed by atoms with Gasteiger partial charge in [0, 0.05) is 42.1 Å². The number of hydrogen-bond acceptors (Lipinski definition) is 8. The van der Waals surface area contributed by atoms with Gasteiger partial charge in [0.25, 0.3) is 5.69 Å². The van der Waals surface area contributed by atoms with Crippen LogP contribution in [0.25, 0.3) is 17.1 Å². The lowest BCUT2D eigenvalue weighted by atomic mass is 10.2. The summed E-state index contributed by atoms with van der Waals surface area (Å²) in [6.45, 7) is 0.639. The summed E-state index contributed by atoms with van der Waals surface area (Å²) in [6.07, 6.45) is 1.04. The van der Waals surface area contributed by atoms with Crippen LogP contribution in [0.15, 0.2) is 78.0 Å². The van der Waals surface area contributed by atoms with Gasteiger partial charge >= 0.3 is 0 Å². The Balaban J connectivity index is 1.20. The molecule has 1 amide bonds. The molecule has 11 heteroatoms. The molecule has 1 aliphatic heterocycles. The van der Waals surface area contributed by atoms with E-state index in [1.54, 1.807) is 12.1 Å². The van der Waals surface area contributed by atoms with Crippen LogP contribution in [0.5, 0.6) is 11.5 Å². The second kappa shape index (κ2) is 11.1. The van der Waals surface area contributed by atoms with E-state index in [0.717, 1.165) is 16.8 Å². The van der Waals surface area contributed by atoms with Crippen molar-refractivity contribution in [2.24, 2.45) is 0 Å². The molecule has 0 saturated heterocycles. The number of aromatic nitrogens is 3. The van der Waals surface area contributed by atoms with Crippen molar-refractivity contribution in [3.05, 3.63) is 88.5 Å². The fourth-order valence-electron chi connectivity index (χ4n) is 3.83. The number of ether oxygens (including phenoxy) is 2. The van der Waals surface area contributed by atoms with Crippen molar-refractivity contribution < 1.29 is 19.2 Å². The van der Waals surface area contributed by atoms with Crippen LogP contribution < -0.4 is 14.8 Å². The first-order chi connectivity index (χ1) is 18.1. The van der Waals surface area contributed by atoms with E-state index in [0.29, 0.717) is 47.6 Å². The van der Waals surface area contributed by atoms with Gasteiger partial charge in [0.2, 0.25) is 12.7 Å². The standard InChI is InChI=1S/C26H23N5O5S/c32-24(27-16-18-8-13-22-23(15-18)36-17-35-22)7-4-14-37-26-29-28-25(30(26)20-5-2-1-3-6-20)19-9-11-21(12-10-19)31(33)34/h1-3,5-6,8-13,15H,4,7,14,16-17H2,(H,27,32). The number of hydrogen-bond donors (Lipinski definition) is 1. The van der Waals surface area contributed by atoms with Gasteiger partial charge in [0.1, 0.15) is 0 Å². The minimum absolute atomic E-state index is 0.0147. The molecule has 0 fully saturated rings. The average molecular weight is 518 g/mol. The van der Waals surface area contributed by atoms with E-state index in [-0.39, 0.29) is 18.4 Å². The Morgan fingerprint density at radius 1 is 1.03 bits per heavy atom. The molecule has 37 heavy (non-hydrogen) atoms. The number of carbonyl (C=O) groups excluding carboxylic acids is 1. The third-order valence-electron chi connectivity index (χ3n) is 5.69. The summed E-state index contributed by atoms with van der Waals surface area (Å²) in [6, 6.07) is 21.5. The average Bonchev–Trinajstić information content (AvgIpc) is 3.57. The molecule has 188 valence electrons. The zero-order valence-corrected chi connectivity index (χ0v) is 20.5. The normalized spacial score (nSPS) is 11.9. The zero-order chi connectivity index (χ0) is 25.6. The van der Waals surface area contributed by atoms with Crippen molar-refractivity contribution in [1.82, 2.24) is 20.1 Å². The second-order valence-corrected chi connectivity index (χ2v) is 9.26. The van der Waals surface area contributed by atoms with Crippen LogP contribution in [0.3, 0.4) is 0 Å². The number of nitrogens with zero attached hydrogens (tertiary/aromatic N) is 4. The highest BCUT2D eigenvalue weighted by molar-refractivity contribution is 7.99. The smallest absolute Gasteiger partial charge is 0.269 e. The van der Waals surface area contributed by atoms with Crippen LogP contribution in [0, 0.1) is 10.1 Å². The molecule has 0 saturated carbocycles. The van der Waals surface area contributed by atoms with Crippen LogP contribution in [0.2, 0.25) is 0 Å². The van der Waals surface area contributed by atoms with Crippen LogP contribution in [-0.2, 0) is 11.3 Å². The summed E-state index contributed by atoms with van der Waals surface area (Å²) in [5, 5.41) is 23.4. The van der Waals surface area contributed by atoms with Crippen molar-refractivity contribution in [3.63, 3.8) is 0 Å². The maximum atomic E-state index is 12.4. The first kappa shape index (κ1) is 24.3. The molecule has 0 bridgehead atoms. The molecule has 0 radical (unpaired) electrons. The van der Waals surface area contributed by atoms with E-state index in [9.17, 15) is 14.9 Å². The van der Waals surface area contributed by atoms with E-state index in [4.69, 9.17) is 9.47 Å². The molecule has 1 N–H and O–H groups in total. The number of carbonyl (C=O) groups is 1. The van der Waals surface area contributed by atoms with E-state index in [2.05, 4.69) is 15.5 Å². The topological polar surface area (TPSA) is 121 Å². The minimum atomic E-state index is -0.432. The summed E-state index contributed by atoms with van der Waals surface area (Å²) in [5.41, 5.74) is 2.56. The first-order valence-corrected chi connectivity index (χ1v) is 12.6. The summed E-state index contributed by atoms with van der Waals surface area (Å²) in [7, 11) is 0. The molecule has 3 aromatic carbocycles. The quantitative estimate of drug-likeness (QED) is 0.138. The van der Waals surface area contributed by atoms with Gasteiger partial charge in [-0.25, -0.2) is 0 Å². The lowest BCUT2D eigenvalue weighted by molar-refractivity contribution is -0.384. The highest BCUT2D eigenvalue weighted by Gasteiger charge is 2.17. The highest BCUT2D eigenvalue weighted by atomic mass is 32.2. The van der Waals surface area contributed by atoms with Gasteiger partial charge in [-0.1, -0.05) is 36.0 Å². The molecular weight excluding hydrogens is 494 g/mol. The van der Waals surface area contributed by atoms with Gasteiger partial charge in [-0.05, 0) is 48.4 Å². The van der Waals surface area contributed by atoms with Crippen molar-refractivity contribution >= 4 is 23.4 Å². The predicted octanol–water partition coefficient (Wildman–Crippen LogP) is 4.76. The first-order valence-electron chi connectivity index (χ1n) is 11.6. The minimum Gasteiger partial charge on any atom is -0.454 e. The lowest BCUT2D eigenvalue weighted by Crippen LogP contribution is -2.22. The largest absolute Gasteiger partial charge is 0.454 e. The van der Waals surface area contributed by atoms with Gasteiger partial charge in [0.05, 0.1) is 4.92 Å².